The first kappa shape index (κ1) is 17.4. The Morgan fingerprint density at radius 3 is 2.36 bits per heavy atom. The zero-order valence-corrected chi connectivity index (χ0v) is 14.1. The number of hydrogen-bond acceptors (Lipinski definition) is 5. The second-order valence-corrected chi connectivity index (χ2v) is 10.3. The first-order valence-corrected chi connectivity index (χ1v) is 10.4. The molecule has 1 aliphatic heterocycles. The molecule has 0 bridgehead atoms. The van der Waals surface area contributed by atoms with E-state index in [0.29, 0.717) is 6.54 Å². The largest absolute Gasteiger partial charge is 0.311 e. The number of sulfone groups is 2. The molecule has 22 heavy (non-hydrogen) atoms. The minimum absolute atomic E-state index is 0.0488. The topological polar surface area (TPSA) is 80.3 Å². The molecular formula is C14H20FNO4S2. The summed E-state index contributed by atoms with van der Waals surface area (Å²) in [4.78, 5) is -0.0488. The third-order valence-corrected chi connectivity index (χ3v) is 7.80. The highest BCUT2D eigenvalue weighted by molar-refractivity contribution is 7.96. The summed E-state index contributed by atoms with van der Waals surface area (Å²) in [5.74, 6) is -0.849. The molecular weight excluding hydrogens is 329 g/mol. The van der Waals surface area contributed by atoms with Crippen molar-refractivity contribution in [1.29, 1.82) is 0 Å². The second-order valence-electron chi connectivity index (χ2n) is 6.02. The fraction of sp³-hybridized carbons (Fsp3) is 0.571. The Morgan fingerprint density at radius 1 is 1.23 bits per heavy atom. The SMILES string of the molecule is CC(C)CN[C@H]1CS(=O)(=O)C[C@@H]1S(=O)(=O)c1ccc(F)cc1. The number of hydrogen-bond donors (Lipinski definition) is 1. The lowest BCUT2D eigenvalue weighted by Crippen LogP contribution is -2.44. The first-order valence-electron chi connectivity index (χ1n) is 7.05. The lowest BCUT2D eigenvalue weighted by Gasteiger charge is -2.21. The van der Waals surface area contributed by atoms with Crippen LogP contribution in [0, 0.1) is 11.7 Å². The Kier molecular flexibility index (Phi) is 4.93. The molecule has 2 rings (SSSR count). The number of halogens is 1. The van der Waals surface area contributed by atoms with Crippen molar-refractivity contribution < 1.29 is 21.2 Å². The van der Waals surface area contributed by atoms with Gasteiger partial charge in [0.1, 0.15) is 5.82 Å². The Hall–Kier alpha value is -0.990. The van der Waals surface area contributed by atoms with Gasteiger partial charge in [-0.05, 0) is 36.7 Å². The van der Waals surface area contributed by atoms with Crippen LogP contribution in [0.5, 0.6) is 0 Å². The van der Waals surface area contributed by atoms with Crippen molar-refractivity contribution in [3.63, 3.8) is 0 Å². The van der Waals surface area contributed by atoms with Gasteiger partial charge in [0.25, 0.3) is 0 Å². The highest BCUT2D eigenvalue weighted by Crippen LogP contribution is 2.26. The summed E-state index contributed by atoms with van der Waals surface area (Å²) < 4.78 is 62.0. The summed E-state index contributed by atoms with van der Waals surface area (Å²) in [7, 11) is -7.24. The molecule has 0 spiro atoms. The molecule has 124 valence electrons. The smallest absolute Gasteiger partial charge is 0.183 e. The van der Waals surface area contributed by atoms with E-state index in [1.54, 1.807) is 0 Å². The normalized spacial score (nSPS) is 24.7. The summed E-state index contributed by atoms with van der Waals surface area (Å²) in [6.45, 7) is 4.45. The fourth-order valence-electron chi connectivity index (χ4n) is 2.50. The van der Waals surface area contributed by atoms with Gasteiger partial charge in [-0.3, -0.25) is 0 Å². The van der Waals surface area contributed by atoms with Crippen molar-refractivity contribution in [3.05, 3.63) is 30.1 Å². The van der Waals surface area contributed by atoms with E-state index >= 15 is 0 Å². The van der Waals surface area contributed by atoms with Gasteiger partial charge in [0.05, 0.1) is 21.7 Å². The molecule has 0 aromatic heterocycles. The van der Waals surface area contributed by atoms with Crippen molar-refractivity contribution in [2.24, 2.45) is 5.92 Å². The van der Waals surface area contributed by atoms with E-state index in [1.165, 1.54) is 12.1 Å². The van der Waals surface area contributed by atoms with Gasteiger partial charge in [0.2, 0.25) is 0 Å². The van der Waals surface area contributed by atoms with E-state index in [0.717, 1.165) is 12.1 Å². The molecule has 2 atom stereocenters. The monoisotopic (exact) mass is 349 g/mol. The summed E-state index contributed by atoms with van der Waals surface area (Å²) in [6, 6.07) is 3.84. The number of nitrogens with one attached hydrogen (secondary N) is 1. The van der Waals surface area contributed by atoms with Crippen LogP contribution in [-0.2, 0) is 19.7 Å². The van der Waals surface area contributed by atoms with E-state index in [1.807, 2.05) is 13.8 Å². The average molecular weight is 349 g/mol. The molecule has 1 aromatic carbocycles. The van der Waals surface area contributed by atoms with Crippen molar-refractivity contribution in [2.45, 2.75) is 30.0 Å². The maximum Gasteiger partial charge on any atom is 0.183 e. The van der Waals surface area contributed by atoms with Crippen LogP contribution in [0.15, 0.2) is 29.2 Å². The van der Waals surface area contributed by atoms with E-state index in [2.05, 4.69) is 5.32 Å². The lowest BCUT2D eigenvalue weighted by atomic mass is 10.2. The van der Waals surface area contributed by atoms with Crippen LogP contribution in [0.3, 0.4) is 0 Å². The van der Waals surface area contributed by atoms with Crippen molar-refractivity contribution in [2.75, 3.05) is 18.1 Å². The lowest BCUT2D eigenvalue weighted by molar-refractivity contribution is 0.480. The minimum atomic E-state index is -3.83. The van der Waals surface area contributed by atoms with Crippen molar-refractivity contribution >= 4 is 19.7 Å². The quantitative estimate of drug-likeness (QED) is 0.803. The highest BCUT2D eigenvalue weighted by Gasteiger charge is 2.45. The standard InChI is InChI=1S/C14H20FNO4S2/c1-10(2)7-16-13-8-21(17,18)9-14(13)22(19,20)12-5-3-11(15)4-6-12/h3-6,10,13-14,16H,7-9H2,1-2H3/t13-,14-/m0/s1. The van der Waals surface area contributed by atoms with Crippen LogP contribution in [0.25, 0.3) is 0 Å². The van der Waals surface area contributed by atoms with E-state index in [4.69, 9.17) is 0 Å². The Balaban J connectivity index is 2.32. The predicted molar refractivity (Wildman–Crippen MR) is 82.7 cm³/mol. The van der Waals surface area contributed by atoms with Gasteiger partial charge in [-0.25, -0.2) is 21.2 Å². The molecule has 1 N–H and O–H groups in total. The predicted octanol–water partition coefficient (Wildman–Crippen LogP) is 1.01. The maximum absolute atomic E-state index is 13.0. The van der Waals surface area contributed by atoms with Crippen LogP contribution in [-0.4, -0.2) is 46.2 Å². The van der Waals surface area contributed by atoms with Crippen LogP contribution < -0.4 is 5.32 Å². The van der Waals surface area contributed by atoms with E-state index in [-0.39, 0.29) is 16.6 Å². The van der Waals surface area contributed by atoms with Crippen LogP contribution >= 0.6 is 0 Å². The molecule has 0 amide bonds. The molecule has 5 nitrogen and oxygen atoms in total. The first-order chi connectivity index (χ1) is 10.1. The van der Waals surface area contributed by atoms with E-state index in [9.17, 15) is 21.2 Å². The van der Waals surface area contributed by atoms with Gasteiger partial charge in [0, 0.05) is 6.04 Å². The second kappa shape index (κ2) is 6.25. The van der Waals surface area contributed by atoms with Gasteiger partial charge in [-0.15, -0.1) is 0 Å². The van der Waals surface area contributed by atoms with Crippen LogP contribution in [0.2, 0.25) is 0 Å². The third-order valence-electron chi connectivity index (χ3n) is 3.63. The van der Waals surface area contributed by atoms with Crippen LogP contribution in [0.4, 0.5) is 4.39 Å². The van der Waals surface area contributed by atoms with Crippen LogP contribution in [0.1, 0.15) is 13.8 Å². The summed E-state index contributed by atoms with van der Waals surface area (Å²) in [5, 5.41) is 2.00. The Labute approximate surface area is 130 Å². The van der Waals surface area contributed by atoms with E-state index < -0.39 is 42.5 Å². The maximum atomic E-state index is 13.0. The zero-order chi connectivity index (χ0) is 16.5. The number of benzene rings is 1. The van der Waals surface area contributed by atoms with Gasteiger partial charge < -0.3 is 5.32 Å². The Bertz CT molecular complexity index is 727. The van der Waals surface area contributed by atoms with Gasteiger partial charge >= 0.3 is 0 Å². The average Bonchev–Trinajstić information content (AvgIpc) is 2.73. The zero-order valence-electron chi connectivity index (χ0n) is 12.5. The van der Waals surface area contributed by atoms with Gasteiger partial charge in [0.15, 0.2) is 19.7 Å². The summed E-state index contributed by atoms with van der Waals surface area (Å²) >= 11 is 0. The molecule has 0 unspecified atom stereocenters. The molecule has 0 saturated carbocycles. The molecule has 1 fully saturated rings. The molecule has 1 heterocycles. The summed E-state index contributed by atoms with van der Waals surface area (Å²) in [5.41, 5.74) is 0. The summed E-state index contributed by atoms with van der Waals surface area (Å²) in [6.07, 6.45) is 0. The molecule has 0 aliphatic carbocycles. The minimum Gasteiger partial charge on any atom is -0.311 e. The van der Waals surface area contributed by atoms with Crippen molar-refractivity contribution in [1.82, 2.24) is 5.32 Å². The van der Waals surface area contributed by atoms with Gasteiger partial charge in [-0.1, -0.05) is 13.8 Å². The molecule has 1 aromatic rings. The number of rotatable bonds is 5. The van der Waals surface area contributed by atoms with Crippen molar-refractivity contribution in [3.8, 4) is 0 Å². The third kappa shape index (κ3) is 3.85. The molecule has 0 radical (unpaired) electrons. The molecule has 1 saturated heterocycles. The molecule has 8 heteroatoms. The molecule has 1 aliphatic rings. The fourth-order valence-corrected chi connectivity index (χ4v) is 7.21. The van der Waals surface area contributed by atoms with Gasteiger partial charge in [-0.2, -0.15) is 0 Å². The highest BCUT2D eigenvalue weighted by atomic mass is 32.2. The Morgan fingerprint density at radius 2 is 1.82 bits per heavy atom.